The van der Waals surface area contributed by atoms with E-state index in [2.05, 4.69) is 14.8 Å². The van der Waals surface area contributed by atoms with Gasteiger partial charge in [0.15, 0.2) is 11.6 Å². The molecule has 0 saturated carbocycles. The van der Waals surface area contributed by atoms with Gasteiger partial charge >= 0.3 is 11.9 Å². The van der Waals surface area contributed by atoms with Crippen molar-refractivity contribution in [2.45, 2.75) is 0 Å². The minimum absolute atomic E-state index is 0.525. The zero-order chi connectivity index (χ0) is 15.3. The van der Waals surface area contributed by atoms with Gasteiger partial charge in [-0.1, -0.05) is 0 Å². The third kappa shape index (κ3) is 3.67. The van der Waals surface area contributed by atoms with Crippen molar-refractivity contribution in [1.82, 2.24) is 0 Å². The first kappa shape index (κ1) is 15.4. The number of benzene rings is 1. The molecule has 0 bridgehead atoms. The Kier molecular flexibility index (Phi) is 5.01. The molecule has 0 heterocycles. The van der Waals surface area contributed by atoms with Gasteiger partial charge in [-0.3, -0.25) is 0 Å². The number of hydrogen-bond acceptors (Lipinski definition) is 6. The number of methoxy groups -OCH3 is 2. The molecular weight excluding hydrogens is 276 g/mol. The van der Waals surface area contributed by atoms with E-state index in [0.717, 1.165) is 14.2 Å². The van der Waals surface area contributed by atoms with E-state index in [1.807, 2.05) is 0 Å². The summed E-state index contributed by atoms with van der Waals surface area (Å²) in [4.78, 5) is 22.5. The molecule has 0 unspecified atom stereocenters. The molecule has 0 spiro atoms. The Labute approximate surface area is 112 Å². The highest BCUT2D eigenvalue weighted by atomic mass is 19.1. The van der Waals surface area contributed by atoms with E-state index in [4.69, 9.17) is 5.11 Å². The van der Waals surface area contributed by atoms with E-state index in [1.54, 1.807) is 0 Å². The van der Waals surface area contributed by atoms with Gasteiger partial charge in [-0.05, 0) is 0 Å². The van der Waals surface area contributed by atoms with Crippen LogP contribution in [0, 0.1) is 11.6 Å². The fraction of sp³-hybridized carbons (Fsp3) is 0.167. The number of phenols is 1. The molecule has 0 amide bonds. The Balaban J connectivity index is 3.17. The lowest BCUT2D eigenvalue weighted by Crippen LogP contribution is -2.16. The number of ether oxygens (including phenoxy) is 2. The van der Waals surface area contributed by atoms with Crippen molar-refractivity contribution >= 4 is 17.6 Å². The fourth-order valence-electron chi connectivity index (χ4n) is 1.25. The SMILES string of the molecule is COC(=O)/C=C(/Nc1c(F)cc(O)cc1F)C(=O)OC. The second kappa shape index (κ2) is 6.50. The lowest BCUT2D eigenvalue weighted by molar-refractivity contribution is -0.138. The Morgan fingerprint density at radius 1 is 1.20 bits per heavy atom. The number of halogens is 2. The molecule has 0 radical (unpaired) electrons. The summed E-state index contributed by atoms with van der Waals surface area (Å²) in [5.41, 5.74) is -1.24. The van der Waals surface area contributed by atoms with Gasteiger partial charge < -0.3 is 19.9 Å². The molecule has 0 fully saturated rings. The molecule has 0 aliphatic rings. The second-order valence-corrected chi connectivity index (χ2v) is 3.48. The monoisotopic (exact) mass is 287 g/mol. The molecule has 0 aromatic heterocycles. The zero-order valence-corrected chi connectivity index (χ0v) is 10.6. The minimum atomic E-state index is -1.15. The van der Waals surface area contributed by atoms with Crippen LogP contribution in [0.5, 0.6) is 5.75 Å². The first-order chi connectivity index (χ1) is 9.38. The fourth-order valence-corrected chi connectivity index (χ4v) is 1.25. The summed E-state index contributed by atoms with van der Waals surface area (Å²) in [6, 6.07) is 1.27. The number of nitrogens with one attached hydrogen (secondary N) is 1. The number of carbonyl (C=O) groups excluding carboxylic acids is 2. The van der Waals surface area contributed by atoms with Crippen molar-refractivity contribution in [2.24, 2.45) is 0 Å². The Hall–Kier alpha value is -2.64. The highest BCUT2D eigenvalue weighted by Gasteiger charge is 2.18. The van der Waals surface area contributed by atoms with Gasteiger partial charge in [0.25, 0.3) is 0 Å². The maximum Gasteiger partial charge on any atom is 0.354 e. The quantitative estimate of drug-likeness (QED) is 0.493. The highest BCUT2D eigenvalue weighted by Crippen LogP contribution is 2.25. The summed E-state index contributed by atoms with van der Waals surface area (Å²) in [6.07, 6.45) is 0.678. The van der Waals surface area contributed by atoms with Gasteiger partial charge in [0.05, 0.1) is 20.3 Å². The summed E-state index contributed by atoms with van der Waals surface area (Å²) in [7, 11) is 2.09. The molecule has 1 aromatic rings. The normalized spacial score (nSPS) is 10.9. The molecule has 20 heavy (non-hydrogen) atoms. The van der Waals surface area contributed by atoms with Gasteiger partial charge in [-0.2, -0.15) is 0 Å². The molecule has 0 atom stereocenters. The van der Waals surface area contributed by atoms with Gasteiger partial charge in [0.2, 0.25) is 0 Å². The first-order valence-corrected chi connectivity index (χ1v) is 5.22. The van der Waals surface area contributed by atoms with Crippen molar-refractivity contribution in [3.8, 4) is 5.75 Å². The number of rotatable bonds is 4. The van der Waals surface area contributed by atoms with Crippen LogP contribution in [0.15, 0.2) is 23.9 Å². The topological polar surface area (TPSA) is 84.9 Å². The Bertz CT molecular complexity index is 548. The highest BCUT2D eigenvalue weighted by molar-refractivity contribution is 5.98. The lowest BCUT2D eigenvalue weighted by atomic mass is 10.2. The third-order valence-electron chi connectivity index (χ3n) is 2.16. The molecular formula is C12H11F2NO5. The van der Waals surface area contributed by atoms with Crippen LogP contribution in [0.25, 0.3) is 0 Å². The van der Waals surface area contributed by atoms with Crippen LogP contribution in [0.4, 0.5) is 14.5 Å². The number of phenolic OH excluding ortho intramolecular Hbond substituents is 1. The molecule has 0 aliphatic heterocycles. The van der Waals surface area contributed by atoms with Crippen molar-refractivity contribution in [3.63, 3.8) is 0 Å². The van der Waals surface area contributed by atoms with Crippen molar-refractivity contribution < 1.29 is 33.0 Å². The van der Waals surface area contributed by atoms with Crippen LogP contribution in [0.2, 0.25) is 0 Å². The van der Waals surface area contributed by atoms with Crippen molar-refractivity contribution in [3.05, 3.63) is 35.5 Å². The summed E-state index contributed by atoms with van der Waals surface area (Å²) in [6.45, 7) is 0. The lowest BCUT2D eigenvalue weighted by Gasteiger charge is -2.11. The molecule has 0 aliphatic carbocycles. The average molecular weight is 287 g/mol. The average Bonchev–Trinajstić information content (AvgIpc) is 2.40. The molecule has 6 nitrogen and oxygen atoms in total. The van der Waals surface area contributed by atoms with Gasteiger partial charge in [0, 0.05) is 12.1 Å². The molecule has 1 rings (SSSR count). The summed E-state index contributed by atoms with van der Waals surface area (Å²) in [5.74, 6) is -4.87. The summed E-state index contributed by atoms with van der Waals surface area (Å²) in [5, 5.41) is 11.1. The van der Waals surface area contributed by atoms with E-state index in [1.165, 1.54) is 0 Å². The largest absolute Gasteiger partial charge is 0.508 e. The summed E-state index contributed by atoms with van der Waals surface area (Å²) >= 11 is 0. The van der Waals surface area contributed by atoms with E-state index in [9.17, 15) is 18.4 Å². The third-order valence-corrected chi connectivity index (χ3v) is 2.16. The zero-order valence-electron chi connectivity index (χ0n) is 10.6. The minimum Gasteiger partial charge on any atom is -0.508 e. The number of anilines is 1. The molecule has 0 saturated heterocycles. The number of aromatic hydroxyl groups is 1. The van der Waals surface area contributed by atoms with Gasteiger partial charge in [-0.15, -0.1) is 0 Å². The van der Waals surface area contributed by atoms with E-state index < -0.39 is 40.7 Å². The van der Waals surface area contributed by atoms with Crippen LogP contribution in [-0.4, -0.2) is 31.3 Å². The number of hydrogen-bond donors (Lipinski definition) is 2. The standard InChI is InChI=1S/C12H11F2NO5/c1-19-10(17)5-9(12(18)20-2)15-11-7(13)3-6(16)4-8(11)14/h3-5,15-16H,1-2H3/b9-5+. The van der Waals surface area contributed by atoms with Crippen LogP contribution in [0.3, 0.4) is 0 Å². The maximum atomic E-state index is 13.5. The summed E-state index contributed by atoms with van der Waals surface area (Å²) < 4.78 is 35.7. The molecule has 8 heteroatoms. The van der Waals surface area contributed by atoms with E-state index in [0.29, 0.717) is 18.2 Å². The predicted octanol–water partition coefficient (Wildman–Crippen LogP) is 1.31. The van der Waals surface area contributed by atoms with Crippen molar-refractivity contribution in [2.75, 3.05) is 19.5 Å². The molecule has 108 valence electrons. The smallest absolute Gasteiger partial charge is 0.354 e. The number of carbonyl (C=O) groups is 2. The van der Waals surface area contributed by atoms with Crippen LogP contribution >= 0.6 is 0 Å². The Morgan fingerprint density at radius 3 is 2.20 bits per heavy atom. The van der Waals surface area contributed by atoms with Gasteiger partial charge in [0.1, 0.15) is 17.1 Å². The van der Waals surface area contributed by atoms with Crippen LogP contribution in [-0.2, 0) is 19.1 Å². The van der Waals surface area contributed by atoms with Crippen LogP contribution in [0.1, 0.15) is 0 Å². The predicted molar refractivity (Wildman–Crippen MR) is 63.8 cm³/mol. The van der Waals surface area contributed by atoms with Crippen molar-refractivity contribution in [1.29, 1.82) is 0 Å². The van der Waals surface area contributed by atoms with E-state index in [-0.39, 0.29) is 0 Å². The number of esters is 2. The molecule has 2 N–H and O–H groups in total. The first-order valence-electron chi connectivity index (χ1n) is 5.22. The Morgan fingerprint density at radius 2 is 1.75 bits per heavy atom. The van der Waals surface area contributed by atoms with Crippen LogP contribution < -0.4 is 5.32 Å². The van der Waals surface area contributed by atoms with Gasteiger partial charge in [-0.25, -0.2) is 18.4 Å². The molecule has 1 aromatic carbocycles. The second-order valence-electron chi connectivity index (χ2n) is 3.48. The van der Waals surface area contributed by atoms with E-state index >= 15 is 0 Å². The maximum absolute atomic E-state index is 13.5.